The van der Waals surface area contributed by atoms with Crippen LogP contribution in [-0.4, -0.2) is 29.0 Å². The zero-order valence-electron chi connectivity index (χ0n) is 14.5. The summed E-state index contributed by atoms with van der Waals surface area (Å²) in [7, 11) is 0. The third-order valence-corrected chi connectivity index (χ3v) is 6.30. The van der Waals surface area contributed by atoms with Crippen molar-refractivity contribution in [2.75, 3.05) is 13.1 Å². The fraction of sp³-hybridized carbons (Fsp3) is 0.571. The highest BCUT2D eigenvalue weighted by atomic mass is 16.3. The van der Waals surface area contributed by atoms with Gasteiger partial charge in [0.25, 0.3) is 0 Å². The molecular formula is C21H27NO2. The molecule has 1 amide bonds. The summed E-state index contributed by atoms with van der Waals surface area (Å²) in [6, 6.07) is 7.57. The Kier molecular flexibility index (Phi) is 3.90. The van der Waals surface area contributed by atoms with Gasteiger partial charge in [0.15, 0.2) is 0 Å². The van der Waals surface area contributed by atoms with Gasteiger partial charge in [-0.3, -0.25) is 4.79 Å². The van der Waals surface area contributed by atoms with E-state index in [9.17, 15) is 9.90 Å². The van der Waals surface area contributed by atoms with Gasteiger partial charge in [0.05, 0.1) is 5.41 Å². The molecule has 2 aliphatic carbocycles. The molecule has 128 valence electrons. The summed E-state index contributed by atoms with van der Waals surface area (Å²) in [5, 5.41) is 9.44. The molecule has 3 aliphatic rings. The summed E-state index contributed by atoms with van der Waals surface area (Å²) in [5.41, 5.74) is 2.69. The van der Waals surface area contributed by atoms with Gasteiger partial charge in [-0.2, -0.15) is 0 Å². The lowest BCUT2D eigenvalue weighted by Gasteiger charge is -2.41. The molecule has 0 aromatic heterocycles. The number of hydrogen-bond donors (Lipinski definition) is 1. The molecule has 0 radical (unpaired) electrons. The van der Waals surface area contributed by atoms with Crippen molar-refractivity contribution in [1.82, 2.24) is 4.90 Å². The van der Waals surface area contributed by atoms with Crippen LogP contribution >= 0.6 is 0 Å². The Bertz CT molecular complexity index is 655. The van der Waals surface area contributed by atoms with E-state index in [-0.39, 0.29) is 5.41 Å². The molecule has 1 aromatic carbocycles. The third kappa shape index (κ3) is 2.74. The van der Waals surface area contributed by atoms with E-state index in [1.54, 1.807) is 12.1 Å². The summed E-state index contributed by atoms with van der Waals surface area (Å²) in [6.45, 7) is 4.03. The highest BCUT2D eigenvalue weighted by Crippen LogP contribution is 2.51. The van der Waals surface area contributed by atoms with Crippen molar-refractivity contribution in [3.63, 3.8) is 0 Å². The van der Waals surface area contributed by atoms with Crippen molar-refractivity contribution in [3.8, 4) is 5.75 Å². The number of carbonyl (C=O) groups excluding carboxylic acids is 1. The summed E-state index contributed by atoms with van der Waals surface area (Å²) in [5.74, 6) is 1.88. The Morgan fingerprint density at radius 2 is 1.92 bits per heavy atom. The van der Waals surface area contributed by atoms with Crippen molar-refractivity contribution in [3.05, 3.63) is 41.5 Å². The van der Waals surface area contributed by atoms with Crippen LogP contribution < -0.4 is 0 Å². The number of hydrogen-bond acceptors (Lipinski definition) is 2. The van der Waals surface area contributed by atoms with Crippen LogP contribution in [0.25, 0.3) is 0 Å². The minimum absolute atomic E-state index is 0.113. The molecule has 3 nitrogen and oxygen atoms in total. The van der Waals surface area contributed by atoms with Crippen LogP contribution in [-0.2, 0) is 4.79 Å². The first kappa shape index (κ1) is 15.7. The van der Waals surface area contributed by atoms with Gasteiger partial charge in [0.2, 0.25) is 5.91 Å². The summed E-state index contributed by atoms with van der Waals surface area (Å²) >= 11 is 0. The largest absolute Gasteiger partial charge is 0.508 e. The molecule has 1 aromatic rings. The molecule has 4 rings (SSSR count). The second kappa shape index (κ2) is 5.94. The molecule has 1 N–H and O–H groups in total. The van der Waals surface area contributed by atoms with Crippen molar-refractivity contribution in [2.45, 2.75) is 51.4 Å². The molecule has 3 heteroatoms. The van der Waals surface area contributed by atoms with Gasteiger partial charge in [-0.1, -0.05) is 30.7 Å². The molecule has 2 atom stereocenters. The van der Waals surface area contributed by atoms with Crippen LogP contribution in [0.15, 0.2) is 35.9 Å². The van der Waals surface area contributed by atoms with Crippen LogP contribution in [0, 0.1) is 11.3 Å². The topological polar surface area (TPSA) is 40.5 Å². The Morgan fingerprint density at radius 3 is 2.62 bits per heavy atom. The van der Waals surface area contributed by atoms with Gasteiger partial charge in [0.1, 0.15) is 5.75 Å². The van der Waals surface area contributed by atoms with Crippen LogP contribution in [0.5, 0.6) is 5.75 Å². The van der Waals surface area contributed by atoms with Gasteiger partial charge in [-0.15, -0.1) is 0 Å². The van der Waals surface area contributed by atoms with Crippen LogP contribution in [0.2, 0.25) is 0 Å². The maximum atomic E-state index is 13.2. The molecule has 1 heterocycles. The number of carbonyl (C=O) groups is 1. The molecular weight excluding hydrogens is 298 g/mol. The maximum Gasteiger partial charge on any atom is 0.229 e. The zero-order chi connectivity index (χ0) is 16.7. The van der Waals surface area contributed by atoms with Crippen LogP contribution in [0.4, 0.5) is 0 Å². The van der Waals surface area contributed by atoms with E-state index in [1.165, 1.54) is 17.6 Å². The van der Waals surface area contributed by atoms with Crippen molar-refractivity contribution < 1.29 is 9.90 Å². The van der Waals surface area contributed by atoms with Gasteiger partial charge >= 0.3 is 0 Å². The summed E-state index contributed by atoms with van der Waals surface area (Å²) in [4.78, 5) is 15.4. The van der Waals surface area contributed by atoms with Crippen molar-refractivity contribution in [1.29, 1.82) is 0 Å². The average Bonchev–Trinajstić information content (AvgIpc) is 2.91. The average molecular weight is 325 g/mol. The quantitative estimate of drug-likeness (QED) is 0.827. The van der Waals surface area contributed by atoms with Gasteiger partial charge < -0.3 is 10.0 Å². The van der Waals surface area contributed by atoms with E-state index < -0.39 is 0 Å². The number of nitrogens with zero attached hydrogens (tertiary/aromatic N) is 1. The first-order valence-electron chi connectivity index (χ1n) is 9.32. The predicted molar refractivity (Wildman–Crippen MR) is 94.8 cm³/mol. The number of allylic oxidation sites excluding steroid dienone is 2. The SMILES string of the molecule is CC1CC2=CCC(C(=O)N3CCC(c4ccc(O)cc4)CC3)(C2)C1. The number of amides is 1. The Morgan fingerprint density at radius 1 is 1.21 bits per heavy atom. The van der Waals surface area contributed by atoms with E-state index in [2.05, 4.69) is 17.9 Å². The Hall–Kier alpha value is -1.77. The number of phenolic OH excluding ortho intramolecular Hbond substituents is 1. The van der Waals surface area contributed by atoms with Crippen LogP contribution in [0.1, 0.15) is 56.9 Å². The van der Waals surface area contributed by atoms with Gasteiger partial charge in [-0.05, 0) is 68.1 Å². The van der Waals surface area contributed by atoms with Crippen molar-refractivity contribution in [2.24, 2.45) is 11.3 Å². The third-order valence-electron chi connectivity index (χ3n) is 6.30. The second-order valence-corrected chi connectivity index (χ2v) is 8.20. The van der Waals surface area contributed by atoms with Gasteiger partial charge in [-0.25, -0.2) is 0 Å². The molecule has 0 spiro atoms. The molecule has 1 saturated heterocycles. The van der Waals surface area contributed by atoms with E-state index in [1.807, 2.05) is 12.1 Å². The lowest BCUT2D eigenvalue weighted by atomic mass is 9.70. The van der Waals surface area contributed by atoms with E-state index in [0.717, 1.165) is 45.2 Å². The predicted octanol–water partition coefficient (Wildman–Crippen LogP) is 4.23. The monoisotopic (exact) mass is 325 g/mol. The highest BCUT2D eigenvalue weighted by molar-refractivity contribution is 5.84. The maximum absolute atomic E-state index is 13.2. The molecule has 2 unspecified atom stereocenters. The molecule has 1 aliphatic heterocycles. The first-order chi connectivity index (χ1) is 11.6. The first-order valence-corrected chi connectivity index (χ1v) is 9.32. The number of rotatable bonds is 2. The van der Waals surface area contributed by atoms with E-state index in [4.69, 9.17) is 0 Å². The summed E-state index contributed by atoms with van der Waals surface area (Å²) < 4.78 is 0. The molecule has 2 fully saturated rings. The minimum atomic E-state index is -0.113. The zero-order valence-corrected chi connectivity index (χ0v) is 14.5. The van der Waals surface area contributed by atoms with E-state index in [0.29, 0.717) is 23.5 Å². The van der Waals surface area contributed by atoms with E-state index >= 15 is 0 Å². The molecule has 1 saturated carbocycles. The standard InChI is InChI=1S/C21H27NO2/c1-15-12-16-6-9-21(13-15,14-16)20(24)22-10-7-18(8-11-22)17-2-4-19(23)5-3-17/h2-6,15,18,23H,7-14H2,1H3. The Balaban J connectivity index is 1.41. The normalized spacial score (nSPS) is 30.3. The lowest BCUT2D eigenvalue weighted by Crippen LogP contribution is -2.47. The number of piperidine rings is 1. The van der Waals surface area contributed by atoms with Crippen LogP contribution in [0.3, 0.4) is 0 Å². The lowest BCUT2D eigenvalue weighted by molar-refractivity contribution is -0.144. The number of fused-ring (bicyclic) bond motifs is 2. The minimum Gasteiger partial charge on any atom is -0.508 e. The van der Waals surface area contributed by atoms with Crippen molar-refractivity contribution >= 4 is 5.91 Å². The van der Waals surface area contributed by atoms with Gasteiger partial charge in [0, 0.05) is 13.1 Å². The number of aromatic hydroxyl groups is 1. The number of phenols is 1. The smallest absolute Gasteiger partial charge is 0.229 e. The second-order valence-electron chi connectivity index (χ2n) is 8.20. The summed E-state index contributed by atoms with van der Waals surface area (Å²) in [6.07, 6.45) is 8.62. The number of benzene rings is 1. The fourth-order valence-electron chi connectivity index (χ4n) is 5.16. The fourth-order valence-corrected chi connectivity index (χ4v) is 5.16. The Labute approximate surface area is 144 Å². The molecule has 24 heavy (non-hydrogen) atoms. The number of likely N-dealkylation sites (tertiary alicyclic amines) is 1. The molecule has 2 bridgehead atoms. The highest BCUT2D eigenvalue weighted by Gasteiger charge is 2.47.